The van der Waals surface area contributed by atoms with Crippen LogP contribution < -0.4 is 5.32 Å². The Morgan fingerprint density at radius 1 is 1.47 bits per heavy atom. The van der Waals surface area contributed by atoms with Gasteiger partial charge in [-0.25, -0.2) is 4.39 Å². The van der Waals surface area contributed by atoms with Crippen LogP contribution >= 0.6 is 15.9 Å². The fourth-order valence-corrected chi connectivity index (χ4v) is 2.32. The van der Waals surface area contributed by atoms with Crippen molar-refractivity contribution in [3.05, 3.63) is 34.1 Å². The lowest BCUT2D eigenvalue weighted by Gasteiger charge is -2.12. The highest BCUT2D eigenvalue weighted by Gasteiger charge is 2.20. The van der Waals surface area contributed by atoms with Crippen LogP contribution in [0, 0.1) is 11.7 Å². The standard InChI is InChI=1S/C14H19BrFN/c1-10(6-7-17-13-4-5-13)8-11-2-3-12(15)9-14(11)16/h2-3,9-10,13,17H,4-8H2,1H3. The second-order valence-electron chi connectivity index (χ2n) is 5.06. The van der Waals surface area contributed by atoms with E-state index < -0.39 is 0 Å². The van der Waals surface area contributed by atoms with Crippen molar-refractivity contribution in [2.45, 2.75) is 38.6 Å². The molecule has 1 N–H and O–H groups in total. The molecule has 1 fully saturated rings. The fraction of sp³-hybridized carbons (Fsp3) is 0.571. The number of hydrogen-bond donors (Lipinski definition) is 1. The van der Waals surface area contributed by atoms with Gasteiger partial charge < -0.3 is 5.32 Å². The largest absolute Gasteiger partial charge is 0.314 e. The van der Waals surface area contributed by atoms with Crippen LogP contribution in [0.5, 0.6) is 0 Å². The molecule has 0 aliphatic heterocycles. The third-order valence-electron chi connectivity index (χ3n) is 3.23. The van der Waals surface area contributed by atoms with Crippen LogP contribution in [-0.4, -0.2) is 12.6 Å². The van der Waals surface area contributed by atoms with Gasteiger partial charge in [-0.15, -0.1) is 0 Å². The molecule has 94 valence electrons. The molecule has 1 saturated carbocycles. The van der Waals surface area contributed by atoms with E-state index in [0.717, 1.165) is 35.5 Å². The lowest BCUT2D eigenvalue weighted by molar-refractivity contribution is 0.485. The molecule has 0 saturated heterocycles. The van der Waals surface area contributed by atoms with Gasteiger partial charge in [-0.3, -0.25) is 0 Å². The summed E-state index contributed by atoms with van der Waals surface area (Å²) >= 11 is 3.28. The number of rotatable bonds is 6. The Balaban J connectivity index is 1.77. The maximum atomic E-state index is 13.6. The lowest BCUT2D eigenvalue weighted by atomic mass is 9.98. The summed E-state index contributed by atoms with van der Waals surface area (Å²) in [6, 6.07) is 6.11. The molecule has 0 bridgehead atoms. The average Bonchev–Trinajstić information content (AvgIpc) is 3.06. The van der Waals surface area contributed by atoms with Gasteiger partial charge in [-0.05, 0) is 55.8 Å². The number of nitrogens with one attached hydrogen (secondary N) is 1. The molecule has 0 radical (unpaired) electrons. The molecule has 1 aliphatic rings. The molecule has 1 nitrogen and oxygen atoms in total. The van der Waals surface area contributed by atoms with Gasteiger partial charge in [0, 0.05) is 10.5 Å². The van der Waals surface area contributed by atoms with Crippen molar-refractivity contribution in [2.75, 3.05) is 6.54 Å². The van der Waals surface area contributed by atoms with Crippen LogP contribution in [0.25, 0.3) is 0 Å². The smallest absolute Gasteiger partial charge is 0.127 e. The molecule has 0 heterocycles. The second-order valence-corrected chi connectivity index (χ2v) is 5.98. The van der Waals surface area contributed by atoms with E-state index in [4.69, 9.17) is 0 Å². The maximum Gasteiger partial charge on any atom is 0.127 e. The second kappa shape index (κ2) is 5.96. The maximum absolute atomic E-state index is 13.6. The summed E-state index contributed by atoms with van der Waals surface area (Å²) in [5, 5.41) is 3.50. The van der Waals surface area contributed by atoms with E-state index in [-0.39, 0.29) is 5.82 Å². The summed E-state index contributed by atoms with van der Waals surface area (Å²) in [4.78, 5) is 0. The molecule has 0 aromatic heterocycles. The molecule has 0 amide bonds. The average molecular weight is 300 g/mol. The Labute approximate surface area is 111 Å². The first kappa shape index (κ1) is 13.0. The summed E-state index contributed by atoms with van der Waals surface area (Å²) in [5.41, 5.74) is 0.826. The van der Waals surface area contributed by atoms with Gasteiger partial charge in [0.05, 0.1) is 0 Å². The molecule has 0 spiro atoms. The quantitative estimate of drug-likeness (QED) is 0.840. The molecule has 1 aliphatic carbocycles. The van der Waals surface area contributed by atoms with E-state index >= 15 is 0 Å². The van der Waals surface area contributed by atoms with Gasteiger partial charge in [0.2, 0.25) is 0 Å². The van der Waals surface area contributed by atoms with Crippen LogP contribution in [-0.2, 0) is 6.42 Å². The Bertz CT molecular complexity index is 376. The molecule has 1 unspecified atom stereocenters. The van der Waals surface area contributed by atoms with Gasteiger partial charge >= 0.3 is 0 Å². The van der Waals surface area contributed by atoms with E-state index in [9.17, 15) is 4.39 Å². The monoisotopic (exact) mass is 299 g/mol. The fourth-order valence-electron chi connectivity index (χ4n) is 1.99. The third-order valence-corrected chi connectivity index (χ3v) is 3.72. The molecule has 2 rings (SSSR count). The van der Waals surface area contributed by atoms with Crippen molar-refractivity contribution < 1.29 is 4.39 Å². The van der Waals surface area contributed by atoms with E-state index in [1.165, 1.54) is 12.8 Å². The highest BCUT2D eigenvalue weighted by Crippen LogP contribution is 2.21. The van der Waals surface area contributed by atoms with Crippen LogP contribution in [0.3, 0.4) is 0 Å². The number of hydrogen-bond acceptors (Lipinski definition) is 1. The minimum absolute atomic E-state index is 0.0959. The summed E-state index contributed by atoms with van der Waals surface area (Å²) < 4.78 is 14.4. The highest BCUT2D eigenvalue weighted by molar-refractivity contribution is 9.10. The predicted octanol–water partition coefficient (Wildman–Crippen LogP) is 3.91. The van der Waals surface area contributed by atoms with Gasteiger partial charge in [0.1, 0.15) is 5.82 Å². The summed E-state index contributed by atoms with van der Waals surface area (Å²) in [6.45, 7) is 3.25. The summed E-state index contributed by atoms with van der Waals surface area (Å²) in [7, 11) is 0. The van der Waals surface area contributed by atoms with Gasteiger partial charge in [-0.1, -0.05) is 28.9 Å². The SMILES string of the molecule is CC(CCNC1CC1)Cc1ccc(Br)cc1F. The minimum atomic E-state index is -0.0959. The van der Waals surface area contributed by atoms with Gasteiger partial charge in [0.25, 0.3) is 0 Å². The van der Waals surface area contributed by atoms with Gasteiger partial charge in [0.15, 0.2) is 0 Å². The van der Waals surface area contributed by atoms with E-state index in [1.807, 2.05) is 12.1 Å². The first-order chi connectivity index (χ1) is 8.15. The Morgan fingerprint density at radius 2 is 2.24 bits per heavy atom. The van der Waals surface area contributed by atoms with Crippen molar-refractivity contribution in [1.82, 2.24) is 5.32 Å². The van der Waals surface area contributed by atoms with Crippen LogP contribution in [0.2, 0.25) is 0 Å². The van der Waals surface area contributed by atoms with Crippen molar-refractivity contribution >= 4 is 15.9 Å². The van der Waals surface area contributed by atoms with Crippen LogP contribution in [0.4, 0.5) is 4.39 Å². The Hall–Kier alpha value is -0.410. The van der Waals surface area contributed by atoms with Crippen molar-refractivity contribution in [2.24, 2.45) is 5.92 Å². The third kappa shape index (κ3) is 4.40. The zero-order valence-electron chi connectivity index (χ0n) is 10.2. The molecule has 17 heavy (non-hydrogen) atoms. The zero-order chi connectivity index (χ0) is 12.3. The predicted molar refractivity (Wildman–Crippen MR) is 72.6 cm³/mol. The lowest BCUT2D eigenvalue weighted by Crippen LogP contribution is -2.20. The Kier molecular flexibility index (Phi) is 4.57. The topological polar surface area (TPSA) is 12.0 Å². The van der Waals surface area contributed by atoms with Crippen molar-refractivity contribution in [1.29, 1.82) is 0 Å². The van der Waals surface area contributed by atoms with Crippen molar-refractivity contribution in [3.63, 3.8) is 0 Å². The van der Waals surface area contributed by atoms with E-state index in [1.54, 1.807) is 6.07 Å². The molecule has 3 heteroatoms. The van der Waals surface area contributed by atoms with Crippen LogP contribution in [0.15, 0.2) is 22.7 Å². The number of benzene rings is 1. The molecular formula is C14H19BrFN. The molecule has 1 aromatic carbocycles. The summed E-state index contributed by atoms with van der Waals surface area (Å²) in [6.07, 6.45) is 4.60. The summed E-state index contributed by atoms with van der Waals surface area (Å²) in [5.74, 6) is 0.429. The molecule has 1 aromatic rings. The highest BCUT2D eigenvalue weighted by atomic mass is 79.9. The first-order valence-corrected chi connectivity index (χ1v) is 7.12. The minimum Gasteiger partial charge on any atom is -0.314 e. The Morgan fingerprint density at radius 3 is 2.88 bits per heavy atom. The van der Waals surface area contributed by atoms with Crippen molar-refractivity contribution in [3.8, 4) is 0 Å². The molecule has 1 atom stereocenters. The first-order valence-electron chi connectivity index (χ1n) is 6.32. The van der Waals surface area contributed by atoms with E-state index in [2.05, 4.69) is 28.2 Å². The van der Waals surface area contributed by atoms with E-state index in [0.29, 0.717) is 5.92 Å². The molecular weight excluding hydrogens is 281 g/mol. The normalized spacial score (nSPS) is 17.1. The van der Waals surface area contributed by atoms with Gasteiger partial charge in [-0.2, -0.15) is 0 Å². The number of halogens is 2. The zero-order valence-corrected chi connectivity index (χ0v) is 11.8. The van der Waals surface area contributed by atoms with Crippen LogP contribution in [0.1, 0.15) is 31.7 Å².